The van der Waals surface area contributed by atoms with Crippen molar-refractivity contribution in [2.24, 2.45) is 0 Å². The Morgan fingerprint density at radius 1 is 1.33 bits per heavy atom. The first-order valence-corrected chi connectivity index (χ1v) is 6.41. The quantitative estimate of drug-likeness (QED) is 0.671. The Morgan fingerprint density at radius 3 is 2.81 bits per heavy atom. The number of aromatic amines is 1. The molecule has 9 heteroatoms. The Kier molecular flexibility index (Phi) is 3.23. The van der Waals surface area contributed by atoms with Gasteiger partial charge in [0.15, 0.2) is 0 Å². The summed E-state index contributed by atoms with van der Waals surface area (Å²) < 4.78 is 14.8. The number of hydrogen-bond donors (Lipinski definition) is 2. The third-order valence-electron chi connectivity index (χ3n) is 2.83. The van der Waals surface area contributed by atoms with Crippen LogP contribution in [0.4, 0.5) is 4.39 Å². The first-order chi connectivity index (χ1) is 9.99. The lowest BCUT2D eigenvalue weighted by molar-refractivity contribution is 0.611. The van der Waals surface area contributed by atoms with Gasteiger partial charge in [-0.3, -0.25) is 10.4 Å². The summed E-state index contributed by atoms with van der Waals surface area (Å²) in [5.41, 5.74) is -1.16. The van der Waals surface area contributed by atoms with E-state index in [1.54, 1.807) is 0 Å². The number of benzene rings is 1. The molecule has 0 saturated heterocycles. The summed E-state index contributed by atoms with van der Waals surface area (Å²) in [5, 5.41) is 8.22. The number of aromatic nitrogens is 4. The maximum atomic E-state index is 14.0. The summed E-state index contributed by atoms with van der Waals surface area (Å²) in [6, 6.07) is 3.98. The van der Waals surface area contributed by atoms with Crippen LogP contribution in [0.5, 0.6) is 0 Å². The van der Waals surface area contributed by atoms with Crippen LogP contribution in [0.1, 0.15) is 0 Å². The van der Waals surface area contributed by atoms with Gasteiger partial charge in [-0.2, -0.15) is 4.98 Å². The van der Waals surface area contributed by atoms with Gasteiger partial charge in [0.05, 0.1) is 10.4 Å². The number of H-pyrrole nitrogens is 1. The van der Waals surface area contributed by atoms with Gasteiger partial charge in [0, 0.05) is 6.20 Å². The molecule has 6 nitrogen and oxygen atoms in total. The van der Waals surface area contributed by atoms with E-state index in [0.717, 1.165) is 10.6 Å². The Hall–Kier alpha value is -2.25. The zero-order valence-corrected chi connectivity index (χ0v) is 11.7. The molecule has 3 aromatic rings. The van der Waals surface area contributed by atoms with E-state index in [9.17, 15) is 9.18 Å². The van der Waals surface area contributed by atoms with Crippen molar-refractivity contribution in [1.29, 1.82) is 5.41 Å². The highest BCUT2D eigenvalue weighted by molar-refractivity contribution is 6.32. The minimum absolute atomic E-state index is 0.00762. The van der Waals surface area contributed by atoms with Gasteiger partial charge in [0.2, 0.25) is 5.28 Å². The first kappa shape index (κ1) is 13.7. The molecule has 0 radical (unpaired) electrons. The molecule has 0 aliphatic heterocycles. The lowest BCUT2D eigenvalue weighted by Gasteiger charge is -2.10. The Labute approximate surface area is 126 Å². The van der Waals surface area contributed by atoms with Crippen LogP contribution in [-0.4, -0.2) is 19.5 Å². The van der Waals surface area contributed by atoms with Crippen molar-refractivity contribution in [2.45, 2.75) is 0 Å². The number of fused-ring (bicyclic) bond motifs is 1. The Balaban J connectivity index is 2.48. The van der Waals surface area contributed by atoms with E-state index < -0.39 is 11.5 Å². The second-order valence-electron chi connectivity index (χ2n) is 4.09. The van der Waals surface area contributed by atoms with Gasteiger partial charge in [-0.25, -0.2) is 18.7 Å². The molecule has 0 aliphatic carbocycles. The number of nitrogens with one attached hydrogen (secondary N) is 2. The molecule has 0 saturated carbocycles. The van der Waals surface area contributed by atoms with E-state index in [0.29, 0.717) is 0 Å². The summed E-state index contributed by atoms with van der Waals surface area (Å²) in [4.78, 5) is 22.1. The largest absolute Gasteiger partial charge is 0.333 e. The topological polar surface area (TPSA) is 87.4 Å². The molecule has 106 valence electrons. The van der Waals surface area contributed by atoms with Gasteiger partial charge >= 0.3 is 5.69 Å². The van der Waals surface area contributed by atoms with Crippen LogP contribution >= 0.6 is 23.2 Å². The van der Waals surface area contributed by atoms with Crippen LogP contribution in [0.3, 0.4) is 0 Å². The van der Waals surface area contributed by atoms with Crippen molar-refractivity contribution in [3.05, 3.63) is 56.5 Å². The van der Waals surface area contributed by atoms with Crippen LogP contribution in [0.25, 0.3) is 16.7 Å². The molecule has 0 amide bonds. The fraction of sp³-hybridized carbons (Fsp3) is 0. The zero-order valence-electron chi connectivity index (χ0n) is 10.2. The van der Waals surface area contributed by atoms with Crippen LogP contribution < -0.4 is 11.2 Å². The summed E-state index contributed by atoms with van der Waals surface area (Å²) in [5.74, 6) is -0.722. The molecule has 1 aromatic carbocycles. The minimum Gasteiger partial charge on any atom is -0.291 e. The number of halogens is 3. The van der Waals surface area contributed by atoms with Gasteiger partial charge < -0.3 is 0 Å². The van der Waals surface area contributed by atoms with Crippen LogP contribution in [-0.2, 0) is 0 Å². The van der Waals surface area contributed by atoms with Crippen molar-refractivity contribution < 1.29 is 4.39 Å². The van der Waals surface area contributed by atoms with E-state index in [4.69, 9.17) is 28.6 Å². The lowest BCUT2D eigenvalue weighted by atomic mass is 10.3. The zero-order chi connectivity index (χ0) is 15.1. The van der Waals surface area contributed by atoms with Gasteiger partial charge in [0.1, 0.15) is 22.6 Å². The van der Waals surface area contributed by atoms with Crippen LogP contribution in [0, 0.1) is 11.2 Å². The molecule has 2 heterocycles. The average Bonchev–Trinajstić information content (AvgIpc) is 2.41. The van der Waals surface area contributed by atoms with Crippen molar-refractivity contribution in [3.8, 4) is 5.69 Å². The van der Waals surface area contributed by atoms with Crippen molar-refractivity contribution in [3.63, 3.8) is 0 Å². The van der Waals surface area contributed by atoms with Crippen molar-refractivity contribution >= 4 is 34.2 Å². The van der Waals surface area contributed by atoms with Gasteiger partial charge in [0.25, 0.3) is 0 Å². The number of para-hydroxylation sites is 1. The molecule has 0 atom stereocenters. The van der Waals surface area contributed by atoms with Gasteiger partial charge in [-0.05, 0) is 23.7 Å². The number of nitrogens with zero attached hydrogens (tertiary/aromatic N) is 3. The summed E-state index contributed by atoms with van der Waals surface area (Å²) in [6.45, 7) is 0. The monoisotopic (exact) mass is 325 g/mol. The average molecular weight is 326 g/mol. The first-order valence-electron chi connectivity index (χ1n) is 5.65. The lowest BCUT2D eigenvalue weighted by Crippen LogP contribution is -2.35. The molecule has 0 fully saturated rings. The number of hydrogen-bond acceptors (Lipinski definition) is 4. The van der Waals surface area contributed by atoms with E-state index in [2.05, 4.69) is 15.0 Å². The number of rotatable bonds is 1. The molecular formula is C12H6Cl2FN5O. The molecule has 0 spiro atoms. The molecular weight excluding hydrogens is 320 g/mol. The normalized spacial score (nSPS) is 11.0. The van der Waals surface area contributed by atoms with Crippen molar-refractivity contribution in [1.82, 2.24) is 19.5 Å². The molecule has 0 bridgehead atoms. The molecule has 3 rings (SSSR count). The van der Waals surface area contributed by atoms with E-state index in [1.807, 2.05) is 0 Å². The van der Waals surface area contributed by atoms with Gasteiger partial charge in [-0.15, -0.1) is 0 Å². The van der Waals surface area contributed by atoms with E-state index in [-0.39, 0.29) is 32.5 Å². The summed E-state index contributed by atoms with van der Waals surface area (Å²) in [7, 11) is 0. The predicted molar refractivity (Wildman–Crippen MR) is 75.3 cm³/mol. The maximum absolute atomic E-state index is 14.0. The molecule has 2 N–H and O–H groups in total. The highest BCUT2D eigenvalue weighted by atomic mass is 35.5. The van der Waals surface area contributed by atoms with Crippen molar-refractivity contribution in [2.75, 3.05) is 0 Å². The van der Waals surface area contributed by atoms with Crippen LogP contribution in [0.15, 0.2) is 29.2 Å². The second kappa shape index (κ2) is 4.94. The molecule has 21 heavy (non-hydrogen) atoms. The molecule has 0 unspecified atom stereocenters. The van der Waals surface area contributed by atoms with E-state index in [1.165, 1.54) is 18.3 Å². The predicted octanol–water partition coefficient (Wildman–Crippen LogP) is 2.03. The third kappa shape index (κ3) is 2.20. The summed E-state index contributed by atoms with van der Waals surface area (Å²) in [6.07, 6.45) is 1.27. The SMILES string of the molecule is N=c1c2cnc(Cl)nc2[nH]c(=O)n1-c1c(F)cccc1Cl. The van der Waals surface area contributed by atoms with Gasteiger partial charge in [-0.1, -0.05) is 17.7 Å². The van der Waals surface area contributed by atoms with E-state index >= 15 is 0 Å². The Morgan fingerprint density at radius 2 is 2.10 bits per heavy atom. The second-order valence-corrected chi connectivity index (χ2v) is 4.83. The maximum Gasteiger partial charge on any atom is 0.333 e. The highest BCUT2D eigenvalue weighted by Crippen LogP contribution is 2.21. The standard InChI is InChI=1S/C12H6Cl2FN5O/c13-6-2-1-3-7(15)8(6)20-9(16)5-4-17-11(14)18-10(5)19-12(20)21/h1-4,16H,(H,17,18,19,21). The molecule has 0 aliphatic rings. The smallest absolute Gasteiger partial charge is 0.291 e. The highest BCUT2D eigenvalue weighted by Gasteiger charge is 2.15. The fourth-order valence-corrected chi connectivity index (χ4v) is 2.30. The minimum atomic E-state index is -0.755. The molecule has 2 aromatic heterocycles. The van der Waals surface area contributed by atoms with Crippen LogP contribution in [0.2, 0.25) is 10.3 Å². The fourth-order valence-electron chi connectivity index (χ4n) is 1.92. The third-order valence-corrected chi connectivity index (χ3v) is 3.31. The Bertz CT molecular complexity index is 961. The summed E-state index contributed by atoms with van der Waals surface area (Å²) >= 11 is 11.6.